The van der Waals surface area contributed by atoms with Gasteiger partial charge in [0.25, 0.3) is 5.91 Å². The minimum atomic E-state index is -0.149. The van der Waals surface area contributed by atoms with E-state index in [9.17, 15) is 4.79 Å². The summed E-state index contributed by atoms with van der Waals surface area (Å²) in [6.45, 7) is 2.82. The van der Waals surface area contributed by atoms with Crippen LogP contribution in [0, 0.1) is 5.92 Å². The predicted molar refractivity (Wildman–Crippen MR) is 90.4 cm³/mol. The number of amides is 1. The van der Waals surface area contributed by atoms with E-state index in [0.29, 0.717) is 24.6 Å². The summed E-state index contributed by atoms with van der Waals surface area (Å²) in [5.41, 5.74) is 0. The molecule has 0 aliphatic carbocycles. The van der Waals surface area contributed by atoms with Gasteiger partial charge in [-0.25, -0.2) is 0 Å². The molecule has 0 heterocycles. The average molecular weight is 423 g/mol. The van der Waals surface area contributed by atoms with Crippen LogP contribution >= 0.6 is 31.9 Å². The van der Waals surface area contributed by atoms with E-state index in [2.05, 4.69) is 44.1 Å². The molecule has 2 N–H and O–H groups in total. The van der Waals surface area contributed by atoms with Crippen LogP contribution in [0.2, 0.25) is 0 Å². The summed E-state index contributed by atoms with van der Waals surface area (Å²) in [5, 5.41) is 11.8. The highest BCUT2D eigenvalue weighted by molar-refractivity contribution is 9.11. The van der Waals surface area contributed by atoms with E-state index >= 15 is 0 Å². The van der Waals surface area contributed by atoms with Gasteiger partial charge in [-0.05, 0) is 52.9 Å². The second kappa shape index (κ2) is 10.2. The van der Waals surface area contributed by atoms with Crippen LogP contribution < -0.4 is 10.1 Å². The normalized spacial score (nSPS) is 12.0. The Morgan fingerprint density at radius 2 is 2.14 bits per heavy atom. The lowest BCUT2D eigenvalue weighted by Crippen LogP contribution is -2.33. The molecule has 0 fully saturated rings. The van der Waals surface area contributed by atoms with Gasteiger partial charge in [0.1, 0.15) is 5.75 Å². The van der Waals surface area contributed by atoms with E-state index in [1.807, 2.05) is 12.1 Å². The third-order valence-electron chi connectivity index (χ3n) is 3.07. The minimum Gasteiger partial charge on any atom is -0.483 e. The topological polar surface area (TPSA) is 58.6 Å². The monoisotopic (exact) mass is 421 g/mol. The second-order valence-corrected chi connectivity index (χ2v) is 6.60. The van der Waals surface area contributed by atoms with E-state index in [1.165, 1.54) is 0 Å². The molecule has 0 spiro atoms. The molecular formula is C15H21Br2NO3. The molecule has 6 heteroatoms. The lowest BCUT2D eigenvalue weighted by molar-refractivity contribution is -0.123. The number of aliphatic hydroxyl groups excluding tert-OH is 1. The van der Waals surface area contributed by atoms with Gasteiger partial charge in [0, 0.05) is 17.6 Å². The standard InChI is InChI=1S/C15H21Br2NO3/c1-2-3-11(6-7-19)9-18-15(20)10-21-14-5-4-12(16)8-13(14)17/h4-5,8,11,19H,2-3,6-7,9-10H2,1H3,(H,18,20). The molecule has 1 atom stereocenters. The molecule has 4 nitrogen and oxygen atoms in total. The van der Waals surface area contributed by atoms with E-state index in [1.54, 1.807) is 6.07 Å². The molecule has 0 saturated carbocycles. The number of benzene rings is 1. The fourth-order valence-corrected chi connectivity index (χ4v) is 3.15. The summed E-state index contributed by atoms with van der Waals surface area (Å²) in [5.74, 6) is 0.807. The maximum absolute atomic E-state index is 11.8. The summed E-state index contributed by atoms with van der Waals surface area (Å²) < 4.78 is 7.22. The van der Waals surface area contributed by atoms with E-state index < -0.39 is 0 Å². The molecule has 21 heavy (non-hydrogen) atoms. The van der Waals surface area contributed by atoms with Crippen LogP contribution in [-0.4, -0.2) is 30.8 Å². The van der Waals surface area contributed by atoms with Gasteiger partial charge >= 0.3 is 0 Å². The van der Waals surface area contributed by atoms with Gasteiger partial charge in [-0.2, -0.15) is 0 Å². The lowest BCUT2D eigenvalue weighted by atomic mass is 10.0. The zero-order valence-corrected chi connectivity index (χ0v) is 15.2. The molecule has 0 aliphatic heterocycles. The smallest absolute Gasteiger partial charge is 0.257 e. The van der Waals surface area contributed by atoms with Gasteiger partial charge in [0.05, 0.1) is 4.47 Å². The average Bonchev–Trinajstić information content (AvgIpc) is 2.44. The van der Waals surface area contributed by atoms with Gasteiger partial charge in [-0.1, -0.05) is 29.3 Å². The fraction of sp³-hybridized carbons (Fsp3) is 0.533. The Bertz CT molecular complexity index is 449. The number of nitrogens with one attached hydrogen (secondary N) is 1. The van der Waals surface area contributed by atoms with Crippen molar-refractivity contribution in [1.29, 1.82) is 0 Å². The molecule has 1 unspecified atom stereocenters. The fourth-order valence-electron chi connectivity index (χ4n) is 1.98. The van der Waals surface area contributed by atoms with Crippen LogP contribution in [-0.2, 0) is 4.79 Å². The molecule has 118 valence electrons. The Kier molecular flexibility index (Phi) is 8.96. The highest BCUT2D eigenvalue weighted by Crippen LogP contribution is 2.28. The van der Waals surface area contributed by atoms with Crippen LogP contribution in [0.15, 0.2) is 27.1 Å². The first kappa shape index (κ1) is 18.5. The highest BCUT2D eigenvalue weighted by Gasteiger charge is 2.10. The molecule has 1 amide bonds. The van der Waals surface area contributed by atoms with Gasteiger partial charge in [-0.3, -0.25) is 4.79 Å². The van der Waals surface area contributed by atoms with Crippen molar-refractivity contribution in [2.45, 2.75) is 26.2 Å². The molecular weight excluding hydrogens is 402 g/mol. The quantitative estimate of drug-likeness (QED) is 0.640. The molecule has 0 aromatic heterocycles. The lowest BCUT2D eigenvalue weighted by Gasteiger charge is -2.16. The first-order valence-electron chi connectivity index (χ1n) is 7.02. The van der Waals surface area contributed by atoms with Crippen LogP contribution in [0.5, 0.6) is 5.75 Å². The first-order valence-corrected chi connectivity index (χ1v) is 8.60. The van der Waals surface area contributed by atoms with Gasteiger partial charge < -0.3 is 15.2 Å². The molecule has 0 aliphatic rings. The zero-order chi connectivity index (χ0) is 15.7. The minimum absolute atomic E-state index is 0.0157. The molecule has 0 bridgehead atoms. The Morgan fingerprint density at radius 3 is 2.76 bits per heavy atom. The third-order valence-corrected chi connectivity index (χ3v) is 4.19. The third kappa shape index (κ3) is 7.29. The van der Waals surface area contributed by atoms with Crippen molar-refractivity contribution in [3.05, 3.63) is 27.1 Å². The summed E-state index contributed by atoms with van der Waals surface area (Å²) in [7, 11) is 0. The second-order valence-electron chi connectivity index (χ2n) is 4.83. The predicted octanol–water partition coefficient (Wildman–Crippen LogP) is 3.51. The Labute approximate surface area is 142 Å². The summed E-state index contributed by atoms with van der Waals surface area (Å²) in [4.78, 5) is 11.8. The largest absolute Gasteiger partial charge is 0.483 e. The van der Waals surface area contributed by atoms with Crippen molar-refractivity contribution >= 4 is 37.8 Å². The van der Waals surface area contributed by atoms with Crippen LogP contribution in [0.1, 0.15) is 26.2 Å². The molecule has 0 radical (unpaired) electrons. The van der Waals surface area contributed by atoms with Gasteiger partial charge in [0.2, 0.25) is 0 Å². The molecule has 1 rings (SSSR count). The van der Waals surface area contributed by atoms with Crippen LogP contribution in [0.25, 0.3) is 0 Å². The maximum Gasteiger partial charge on any atom is 0.257 e. The summed E-state index contributed by atoms with van der Waals surface area (Å²) in [6, 6.07) is 5.52. The Balaban J connectivity index is 2.36. The van der Waals surface area contributed by atoms with Crippen molar-refractivity contribution in [2.24, 2.45) is 5.92 Å². The van der Waals surface area contributed by atoms with Crippen molar-refractivity contribution in [2.75, 3.05) is 19.8 Å². The van der Waals surface area contributed by atoms with Crippen molar-refractivity contribution < 1.29 is 14.6 Å². The van der Waals surface area contributed by atoms with Crippen molar-refractivity contribution in [3.8, 4) is 5.75 Å². The van der Waals surface area contributed by atoms with Crippen LogP contribution in [0.3, 0.4) is 0 Å². The first-order chi connectivity index (χ1) is 10.1. The maximum atomic E-state index is 11.8. The number of ether oxygens (including phenoxy) is 1. The van der Waals surface area contributed by atoms with Crippen LogP contribution in [0.4, 0.5) is 0 Å². The molecule has 0 saturated heterocycles. The summed E-state index contributed by atoms with van der Waals surface area (Å²) >= 11 is 6.75. The van der Waals surface area contributed by atoms with Gasteiger partial charge in [0.15, 0.2) is 6.61 Å². The molecule has 1 aromatic rings. The number of halogens is 2. The van der Waals surface area contributed by atoms with Crippen molar-refractivity contribution in [3.63, 3.8) is 0 Å². The number of rotatable bonds is 9. The highest BCUT2D eigenvalue weighted by atomic mass is 79.9. The van der Waals surface area contributed by atoms with E-state index in [-0.39, 0.29) is 19.1 Å². The Hall–Kier alpha value is -0.590. The van der Waals surface area contributed by atoms with E-state index in [0.717, 1.165) is 21.8 Å². The number of carbonyl (C=O) groups excluding carboxylic acids is 1. The number of carbonyl (C=O) groups is 1. The number of hydrogen-bond acceptors (Lipinski definition) is 3. The Morgan fingerprint density at radius 1 is 1.38 bits per heavy atom. The zero-order valence-electron chi connectivity index (χ0n) is 12.1. The van der Waals surface area contributed by atoms with E-state index in [4.69, 9.17) is 9.84 Å². The number of hydrogen-bond donors (Lipinski definition) is 2. The summed E-state index contributed by atoms with van der Waals surface area (Å²) in [6.07, 6.45) is 2.76. The van der Waals surface area contributed by atoms with Crippen molar-refractivity contribution in [1.82, 2.24) is 5.32 Å². The molecule has 1 aromatic carbocycles. The van der Waals surface area contributed by atoms with Gasteiger partial charge in [-0.15, -0.1) is 0 Å². The SMILES string of the molecule is CCCC(CCO)CNC(=O)COc1ccc(Br)cc1Br. The number of aliphatic hydroxyl groups is 1.